The summed E-state index contributed by atoms with van der Waals surface area (Å²) in [6.45, 7) is 0. The average Bonchev–Trinajstić information content (AvgIpc) is 2.54. The minimum atomic E-state index is -4.85. The van der Waals surface area contributed by atoms with Crippen molar-refractivity contribution >= 4 is 11.6 Å². The van der Waals surface area contributed by atoms with Crippen LogP contribution in [-0.4, -0.2) is 20.1 Å². The molecule has 2 rings (SSSR count). The number of amides is 1. The molecule has 0 fully saturated rings. The Morgan fingerprint density at radius 1 is 1.00 bits per heavy atom. The van der Waals surface area contributed by atoms with E-state index in [4.69, 9.17) is 9.47 Å². The molecule has 8 heteroatoms. The van der Waals surface area contributed by atoms with E-state index in [1.54, 1.807) is 0 Å². The van der Waals surface area contributed by atoms with E-state index < -0.39 is 23.5 Å². The monoisotopic (exact) mass is 343 g/mol. The van der Waals surface area contributed by atoms with Gasteiger partial charge in [0.05, 0.1) is 19.8 Å². The molecule has 0 bridgehead atoms. The van der Waals surface area contributed by atoms with Crippen molar-refractivity contribution in [2.45, 2.75) is 6.18 Å². The van der Waals surface area contributed by atoms with Gasteiger partial charge >= 0.3 is 6.18 Å². The number of benzene rings is 2. The molecule has 1 amide bonds. The third-order valence-electron chi connectivity index (χ3n) is 3.18. The second-order valence-corrected chi connectivity index (χ2v) is 4.72. The van der Waals surface area contributed by atoms with Crippen molar-refractivity contribution in [3.05, 3.63) is 53.3 Å². The van der Waals surface area contributed by atoms with E-state index in [0.29, 0.717) is 23.6 Å². The molecule has 0 heterocycles. The maximum absolute atomic E-state index is 13.2. The van der Waals surface area contributed by atoms with Crippen LogP contribution < -0.4 is 14.8 Å². The van der Waals surface area contributed by atoms with Gasteiger partial charge in [0.2, 0.25) is 0 Å². The molecule has 0 aromatic heterocycles. The summed E-state index contributed by atoms with van der Waals surface area (Å²) < 4.78 is 61.4. The van der Waals surface area contributed by atoms with Crippen molar-refractivity contribution < 1.29 is 31.8 Å². The van der Waals surface area contributed by atoms with Crippen LogP contribution in [0.5, 0.6) is 11.5 Å². The van der Waals surface area contributed by atoms with Crippen LogP contribution in [0.25, 0.3) is 0 Å². The predicted molar refractivity (Wildman–Crippen MR) is 78.9 cm³/mol. The van der Waals surface area contributed by atoms with Crippen LogP contribution in [0.1, 0.15) is 15.9 Å². The van der Waals surface area contributed by atoms with Crippen LogP contribution in [-0.2, 0) is 6.18 Å². The van der Waals surface area contributed by atoms with Gasteiger partial charge in [0.15, 0.2) is 11.5 Å². The third kappa shape index (κ3) is 3.76. The minimum Gasteiger partial charge on any atom is -0.493 e. The third-order valence-corrected chi connectivity index (χ3v) is 3.18. The van der Waals surface area contributed by atoms with E-state index in [2.05, 4.69) is 5.32 Å². The number of methoxy groups -OCH3 is 2. The number of hydrogen-bond acceptors (Lipinski definition) is 3. The van der Waals surface area contributed by atoms with Crippen LogP contribution >= 0.6 is 0 Å². The number of halogens is 4. The van der Waals surface area contributed by atoms with Crippen molar-refractivity contribution in [1.82, 2.24) is 0 Å². The first-order valence-electron chi connectivity index (χ1n) is 6.66. The van der Waals surface area contributed by atoms with Crippen molar-refractivity contribution in [2.24, 2.45) is 0 Å². The smallest absolute Gasteiger partial charge is 0.419 e. The van der Waals surface area contributed by atoms with E-state index in [1.165, 1.54) is 32.4 Å². The quantitative estimate of drug-likeness (QED) is 0.850. The number of carbonyl (C=O) groups excluding carboxylic acids is 1. The molecule has 0 saturated heterocycles. The van der Waals surface area contributed by atoms with Crippen LogP contribution in [0.15, 0.2) is 36.4 Å². The summed E-state index contributed by atoms with van der Waals surface area (Å²) in [7, 11) is 2.81. The zero-order valence-corrected chi connectivity index (χ0v) is 12.7. The number of rotatable bonds is 4. The maximum Gasteiger partial charge on any atom is 0.419 e. The molecule has 24 heavy (non-hydrogen) atoms. The molecule has 4 nitrogen and oxygen atoms in total. The van der Waals surface area contributed by atoms with E-state index in [1.807, 2.05) is 0 Å². The minimum absolute atomic E-state index is 0.144. The van der Waals surface area contributed by atoms with E-state index in [9.17, 15) is 22.4 Å². The van der Waals surface area contributed by atoms with Crippen molar-refractivity contribution in [1.29, 1.82) is 0 Å². The lowest BCUT2D eigenvalue weighted by Crippen LogP contribution is -2.14. The van der Waals surface area contributed by atoms with Crippen LogP contribution in [0, 0.1) is 5.82 Å². The molecular weight excluding hydrogens is 330 g/mol. The van der Waals surface area contributed by atoms with Crippen LogP contribution in [0.3, 0.4) is 0 Å². The van der Waals surface area contributed by atoms with Crippen molar-refractivity contribution in [3.8, 4) is 11.5 Å². The highest BCUT2D eigenvalue weighted by Crippen LogP contribution is 2.33. The number of anilines is 1. The lowest BCUT2D eigenvalue weighted by Gasteiger charge is -2.12. The SMILES string of the molecule is COc1ccc(C(=O)Nc2ccc(F)c(C(F)(F)F)c2)cc1OC. The highest BCUT2D eigenvalue weighted by Gasteiger charge is 2.34. The lowest BCUT2D eigenvalue weighted by atomic mass is 10.1. The summed E-state index contributed by atoms with van der Waals surface area (Å²) >= 11 is 0. The molecule has 0 aliphatic rings. The molecule has 2 aromatic carbocycles. The topological polar surface area (TPSA) is 47.6 Å². The Hall–Kier alpha value is -2.77. The van der Waals surface area contributed by atoms with Gasteiger partial charge in [0.25, 0.3) is 5.91 Å². The van der Waals surface area contributed by atoms with Gasteiger partial charge in [-0.25, -0.2) is 4.39 Å². The van der Waals surface area contributed by atoms with Crippen LogP contribution in [0.4, 0.5) is 23.2 Å². The fourth-order valence-corrected chi connectivity index (χ4v) is 2.00. The highest BCUT2D eigenvalue weighted by atomic mass is 19.4. The Labute approximate surface area is 135 Å². The molecule has 0 aliphatic carbocycles. The number of carbonyl (C=O) groups is 1. The van der Waals surface area contributed by atoms with Gasteiger partial charge in [-0.3, -0.25) is 4.79 Å². The standard InChI is InChI=1S/C16H13F4NO3/c1-23-13-6-3-9(7-14(13)24-2)15(22)21-10-4-5-12(17)11(8-10)16(18,19)20/h3-8H,1-2H3,(H,21,22). The Morgan fingerprint density at radius 3 is 2.25 bits per heavy atom. The molecule has 0 radical (unpaired) electrons. The van der Waals surface area contributed by atoms with Gasteiger partial charge in [0, 0.05) is 11.3 Å². The Balaban J connectivity index is 2.27. The zero-order chi connectivity index (χ0) is 17.9. The largest absolute Gasteiger partial charge is 0.493 e. The fraction of sp³-hybridized carbons (Fsp3) is 0.188. The first-order valence-corrected chi connectivity index (χ1v) is 6.66. The lowest BCUT2D eigenvalue weighted by molar-refractivity contribution is -0.139. The summed E-state index contributed by atoms with van der Waals surface area (Å²) in [6.07, 6.45) is -4.85. The molecule has 0 spiro atoms. The first kappa shape index (κ1) is 17.6. The highest BCUT2D eigenvalue weighted by molar-refractivity contribution is 6.04. The second kappa shape index (κ2) is 6.77. The Bertz CT molecular complexity index is 759. The van der Waals surface area contributed by atoms with Crippen molar-refractivity contribution in [3.63, 3.8) is 0 Å². The molecule has 0 aliphatic heterocycles. The van der Waals surface area contributed by atoms with E-state index >= 15 is 0 Å². The number of hydrogen-bond donors (Lipinski definition) is 1. The van der Waals surface area contributed by atoms with Gasteiger partial charge in [-0.05, 0) is 36.4 Å². The molecular formula is C16H13F4NO3. The van der Waals surface area contributed by atoms with Crippen molar-refractivity contribution in [2.75, 3.05) is 19.5 Å². The van der Waals surface area contributed by atoms with E-state index in [0.717, 1.165) is 6.07 Å². The van der Waals surface area contributed by atoms with Gasteiger partial charge in [-0.1, -0.05) is 0 Å². The molecule has 0 unspecified atom stereocenters. The fourth-order valence-electron chi connectivity index (χ4n) is 2.00. The summed E-state index contributed by atoms with van der Waals surface area (Å²) in [6, 6.07) is 6.51. The zero-order valence-electron chi connectivity index (χ0n) is 12.7. The molecule has 0 atom stereocenters. The average molecular weight is 343 g/mol. The van der Waals surface area contributed by atoms with Gasteiger partial charge < -0.3 is 14.8 Å². The molecule has 128 valence electrons. The number of nitrogens with one attached hydrogen (secondary N) is 1. The summed E-state index contributed by atoms with van der Waals surface area (Å²) in [5.41, 5.74) is -1.48. The Kier molecular flexibility index (Phi) is 4.96. The van der Waals surface area contributed by atoms with E-state index in [-0.39, 0.29) is 11.3 Å². The van der Waals surface area contributed by atoms with Gasteiger partial charge in [0.1, 0.15) is 5.82 Å². The molecule has 0 saturated carbocycles. The second-order valence-electron chi connectivity index (χ2n) is 4.72. The number of alkyl halides is 3. The Morgan fingerprint density at radius 2 is 1.67 bits per heavy atom. The normalized spacial score (nSPS) is 11.1. The first-order chi connectivity index (χ1) is 11.3. The maximum atomic E-state index is 13.2. The molecule has 1 N–H and O–H groups in total. The predicted octanol–water partition coefficient (Wildman–Crippen LogP) is 4.11. The summed E-state index contributed by atoms with van der Waals surface area (Å²) in [4.78, 5) is 12.1. The summed E-state index contributed by atoms with van der Waals surface area (Å²) in [5, 5.41) is 2.28. The number of ether oxygens (including phenoxy) is 2. The summed E-state index contributed by atoms with van der Waals surface area (Å²) in [5.74, 6) is -1.39. The molecule has 2 aromatic rings. The van der Waals surface area contributed by atoms with Gasteiger partial charge in [-0.15, -0.1) is 0 Å². The van der Waals surface area contributed by atoms with Gasteiger partial charge in [-0.2, -0.15) is 13.2 Å². The van der Waals surface area contributed by atoms with Crippen LogP contribution in [0.2, 0.25) is 0 Å².